The van der Waals surface area contributed by atoms with Crippen LogP contribution in [0.5, 0.6) is 0 Å². The van der Waals surface area contributed by atoms with E-state index < -0.39 is 38.9 Å². The van der Waals surface area contributed by atoms with Gasteiger partial charge in [-0.2, -0.15) is 13.2 Å². The summed E-state index contributed by atoms with van der Waals surface area (Å²) in [7, 11) is -2.26. The van der Waals surface area contributed by atoms with Gasteiger partial charge in [-0.1, -0.05) is 41.5 Å². The molecule has 162 valence electrons. The van der Waals surface area contributed by atoms with Crippen LogP contribution in [0.4, 0.5) is 13.2 Å². The third-order valence-corrected chi connectivity index (χ3v) is 11.8. The Morgan fingerprint density at radius 3 is 1.96 bits per heavy atom. The van der Waals surface area contributed by atoms with Gasteiger partial charge in [0.05, 0.1) is 11.7 Å². The fraction of sp³-hybridized carbons (Fsp3) is 0.800. The van der Waals surface area contributed by atoms with Crippen molar-refractivity contribution in [2.45, 2.75) is 84.1 Å². The van der Waals surface area contributed by atoms with Gasteiger partial charge in [0.1, 0.15) is 5.78 Å². The van der Waals surface area contributed by atoms with E-state index >= 15 is 0 Å². The maximum atomic E-state index is 12.4. The molecule has 0 bridgehead atoms. The molecule has 8 heteroatoms. The molecule has 0 unspecified atom stereocenters. The quantitative estimate of drug-likeness (QED) is 0.367. The molecule has 0 fully saturated rings. The van der Waals surface area contributed by atoms with Crippen LogP contribution in [0.15, 0.2) is 11.8 Å². The van der Waals surface area contributed by atoms with Gasteiger partial charge in [0, 0.05) is 12.3 Å². The number of rotatable bonds is 8. The molecule has 0 heterocycles. The number of hydrogen-bond donors (Lipinski definition) is 0. The number of carbonyl (C=O) groups excluding carboxylic acids is 2. The molecule has 0 aromatic heterocycles. The van der Waals surface area contributed by atoms with Crippen LogP contribution in [0.2, 0.25) is 16.6 Å². The average Bonchev–Trinajstić information content (AvgIpc) is 2.55. The standard InChI is InChI=1S/C20H33F3O4Si/c1-12(2)28(13(3)4,14(5)6)27-16-8-9-17(15(7)24)18(10-16)19(25)26-11-20(21,22)23/h8,12-14,17-18H,9-11H2,1-7H3/t17-,18+/m0/s1. The van der Waals surface area contributed by atoms with Crippen LogP contribution in [0, 0.1) is 11.8 Å². The molecule has 4 nitrogen and oxygen atoms in total. The minimum absolute atomic E-state index is 0.0991. The summed E-state index contributed by atoms with van der Waals surface area (Å²) >= 11 is 0. The summed E-state index contributed by atoms with van der Waals surface area (Å²) in [5.41, 5.74) is 0.943. The van der Waals surface area contributed by atoms with Crippen molar-refractivity contribution in [2.24, 2.45) is 11.8 Å². The number of allylic oxidation sites excluding steroid dienone is 2. The second-order valence-corrected chi connectivity index (χ2v) is 14.0. The summed E-state index contributed by atoms with van der Waals surface area (Å²) in [6.07, 6.45) is -2.40. The predicted molar refractivity (Wildman–Crippen MR) is 104 cm³/mol. The summed E-state index contributed by atoms with van der Waals surface area (Å²) in [6.45, 7) is 12.5. The van der Waals surface area contributed by atoms with E-state index in [1.54, 1.807) is 0 Å². The first-order valence-corrected chi connectivity index (χ1v) is 12.0. The lowest BCUT2D eigenvalue weighted by atomic mass is 9.80. The Hall–Kier alpha value is -1.31. The summed E-state index contributed by atoms with van der Waals surface area (Å²) in [5, 5.41) is 0. The zero-order valence-corrected chi connectivity index (χ0v) is 18.9. The number of halogens is 3. The van der Waals surface area contributed by atoms with E-state index in [0.29, 0.717) is 22.4 Å². The number of ether oxygens (including phenoxy) is 1. The molecule has 0 amide bonds. The first-order chi connectivity index (χ1) is 12.7. The van der Waals surface area contributed by atoms with Crippen LogP contribution < -0.4 is 0 Å². The number of ketones is 1. The Labute approximate surface area is 167 Å². The number of hydrogen-bond acceptors (Lipinski definition) is 4. The SMILES string of the molecule is CC(=O)[C@@H]1CC=C(O[Si](C(C)C)(C(C)C)C(C)C)C[C@H]1C(=O)OCC(F)(F)F. The lowest BCUT2D eigenvalue weighted by Gasteiger charge is -2.44. The van der Waals surface area contributed by atoms with Crippen LogP contribution in [-0.4, -0.2) is 32.9 Å². The molecule has 0 N–H and O–H groups in total. The van der Waals surface area contributed by atoms with Gasteiger partial charge >= 0.3 is 12.1 Å². The molecule has 28 heavy (non-hydrogen) atoms. The maximum absolute atomic E-state index is 12.4. The minimum atomic E-state index is -4.60. The fourth-order valence-electron chi connectivity index (χ4n) is 4.49. The van der Waals surface area contributed by atoms with Crippen molar-refractivity contribution in [2.75, 3.05) is 6.61 Å². The second-order valence-electron chi connectivity index (χ2n) is 8.58. The zero-order valence-electron chi connectivity index (χ0n) is 17.9. The highest BCUT2D eigenvalue weighted by molar-refractivity contribution is 6.77. The van der Waals surface area contributed by atoms with Crippen molar-refractivity contribution in [3.8, 4) is 0 Å². The van der Waals surface area contributed by atoms with E-state index in [2.05, 4.69) is 46.3 Å². The van der Waals surface area contributed by atoms with Crippen molar-refractivity contribution in [3.63, 3.8) is 0 Å². The Balaban J connectivity index is 3.10. The lowest BCUT2D eigenvalue weighted by molar-refractivity contribution is -0.190. The van der Waals surface area contributed by atoms with Gasteiger partial charge in [0.15, 0.2) is 6.61 Å². The molecule has 0 aromatic carbocycles. The summed E-state index contributed by atoms with van der Waals surface area (Å²) in [5.74, 6) is -2.24. The topological polar surface area (TPSA) is 52.6 Å². The van der Waals surface area contributed by atoms with Crippen LogP contribution in [0.3, 0.4) is 0 Å². The molecule has 0 radical (unpaired) electrons. The second kappa shape index (κ2) is 9.46. The highest BCUT2D eigenvalue weighted by Crippen LogP contribution is 2.45. The van der Waals surface area contributed by atoms with Crippen molar-refractivity contribution >= 4 is 20.1 Å². The molecule has 0 aromatic rings. The van der Waals surface area contributed by atoms with Crippen molar-refractivity contribution < 1.29 is 31.9 Å². The third-order valence-electron chi connectivity index (χ3n) is 5.72. The molecule has 0 saturated heterocycles. The van der Waals surface area contributed by atoms with Gasteiger partial charge in [-0.3, -0.25) is 9.59 Å². The molecular formula is C20H33F3O4Si. The Morgan fingerprint density at radius 2 is 1.57 bits per heavy atom. The van der Waals surface area contributed by atoms with E-state index in [1.807, 2.05) is 6.08 Å². The number of Topliss-reactive ketones (excluding diaryl/α,β-unsaturated/α-hetero) is 1. The molecular weight excluding hydrogens is 389 g/mol. The number of alkyl halides is 3. The summed E-state index contributed by atoms with van der Waals surface area (Å²) < 4.78 is 48.3. The van der Waals surface area contributed by atoms with Crippen molar-refractivity contribution in [1.82, 2.24) is 0 Å². The van der Waals surface area contributed by atoms with Gasteiger partial charge in [-0.15, -0.1) is 0 Å². The van der Waals surface area contributed by atoms with E-state index in [0.717, 1.165) is 0 Å². The predicted octanol–water partition coefficient (Wildman–Crippen LogP) is 5.78. The normalized spacial score (nSPS) is 21.1. The molecule has 1 aliphatic rings. The zero-order chi connectivity index (χ0) is 21.9. The van der Waals surface area contributed by atoms with Crippen molar-refractivity contribution in [1.29, 1.82) is 0 Å². The largest absolute Gasteiger partial charge is 0.546 e. The molecule has 0 spiro atoms. The third kappa shape index (κ3) is 5.84. The Bertz CT molecular complexity index is 575. The number of carbonyl (C=O) groups is 2. The Morgan fingerprint density at radius 1 is 1.07 bits per heavy atom. The highest BCUT2D eigenvalue weighted by Gasteiger charge is 2.48. The first kappa shape index (κ1) is 24.7. The molecule has 0 saturated carbocycles. The molecule has 1 rings (SSSR count). The number of esters is 1. The smallest absolute Gasteiger partial charge is 0.422 e. The molecule has 0 aliphatic heterocycles. The van der Waals surface area contributed by atoms with Gasteiger partial charge < -0.3 is 9.16 Å². The van der Waals surface area contributed by atoms with Crippen molar-refractivity contribution in [3.05, 3.63) is 11.8 Å². The van der Waals surface area contributed by atoms with Gasteiger partial charge in [-0.05, 0) is 36.0 Å². The first-order valence-electron chi connectivity index (χ1n) is 9.84. The highest BCUT2D eigenvalue weighted by atomic mass is 28.4. The molecule has 1 aliphatic carbocycles. The van der Waals surface area contributed by atoms with E-state index in [9.17, 15) is 22.8 Å². The van der Waals surface area contributed by atoms with Crippen LogP contribution >= 0.6 is 0 Å². The summed E-state index contributed by atoms with van der Waals surface area (Å²) in [4.78, 5) is 24.3. The van der Waals surface area contributed by atoms with Gasteiger partial charge in [0.25, 0.3) is 8.32 Å². The summed E-state index contributed by atoms with van der Waals surface area (Å²) in [6, 6.07) is 0. The fourth-order valence-corrected chi connectivity index (χ4v) is 9.81. The van der Waals surface area contributed by atoms with E-state index in [4.69, 9.17) is 4.43 Å². The van der Waals surface area contributed by atoms with Gasteiger partial charge in [0.2, 0.25) is 0 Å². The minimum Gasteiger partial charge on any atom is -0.546 e. The van der Waals surface area contributed by atoms with Gasteiger partial charge in [-0.25, -0.2) is 0 Å². The van der Waals surface area contributed by atoms with E-state index in [-0.39, 0.29) is 18.6 Å². The van der Waals surface area contributed by atoms with Crippen LogP contribution in [0.25, 0.3) is 0 Å². The lowest BCUT2D eigenvalue weighted by Crippen LogP contribution is -2.48. The average molecular weight is 423 g/mol. The van der Waals surface area contributed by atoms with Crippen LogP contribution in [-0.2, 0) is 18.8 Å². The molecule has 2 atom stereocenters. The van der Waals surface area contributed by atoms with E-state index in [1.165, 1.54) is 6.92 Å². The monoisotopic (exact) mass is 422 g/mol. The van der Waals surface area contributed by atoms with Crippen LogP contribution in [0.1, 0.15) is 61.3 Å². The Kier molecular flexibility index (Phi) is 8.35. The maximum Gasteiger partial charge on any atom is 0.422 e.